The summed E-state index contributed by atoms with van der Waals surface area (Å²) in [5.41, 5.74) is 2.00. The maximum atomic E-state index is 6.16. The normalized spacial score (nSPS) is 15.7. The van der Waals surface area contributed by atoms with Crippen LogP contribution in [0.15, 0.2) is 0 Å². The third kappa shape index (κ3) is 2.98. The first-order chi connectivity index (χ1) is 7.68. The van der Waals surface area contributed by atoms with E-state index >= 15 is 0 Å². The lowest BCUT2D eigenvalue weighted by atomic mass is 10.2. The molecule has 1 N–H and O–H groups in total. The van der Waals surface area contributed by atoms with Crippen LogP contribution in [0.5, 0.6) is 0 Å². The summed E-state index contributed by atoms with van der Waals surface area (Å²) < 4.78 is 1.87. The Morgan fingerprint density at radius 1 is 1.50 bits per heavy atom. The summed E-state index contributed by atoms with van der Waals surface area (Å²) in [6.07, 6.45) is 5.56. The molecule has 0 amide bonds. The second kappa shape index (κ2) is 5.19. The molecule has 1 aromatic rings. The van der Waals surface area contributed by atoms with E-state index in [4.69, 9.17) is 11.6 Å². The molecule has 90 valence electrons. The summed E-state index contributed by atoms with van der Waals surface area (Å²) in [6, 6.07) is 0. The zero-order chi connectivity index (χ0) is 11.5. The largest absolute Gasteiger partial charge is 0.311 e. The number of halogens is 1. The lowest BCUT2D eigenvalue weighted by Crippen LogP contribution is -2.17. The maximum absolute atomic E-state index is 6.16. The van der Waals surface area contributed by atoms with Gasteiger partial charge in [0.15, 0.2) is 0 Å². The molecule has 0 bridgehead atoms. The van der Waals surface area contributed by atoms with Crippen LogP contribution in [0.2, 0.25) is 5.02 Å². The topological polar surface area (TPSA) is 29.9 Å². The monoisotopic (exact) mass is 241 g/mol. The molecule has 0 saturated heterocycles. The molecule has 1 fully saturated rings. The highest BCUT2D eigenvalue weighted by Crippen LogP contribution is 2.33. The van der Waals surface area contributed by atoms with Gasteiger partial charge >= 0.3 is 0 Å². The van der Waals surface area contributed by atoms with Crippen molar-refractivity contribution in [3.63, 3.8) is 0 Å². The van der Waals surface area contributed by atoms with Gasteiger partial charge in [-0.1, -0.05) is 24.4 Å². The van der Waals surface area contributed by atoms with Crippen LogP contribution in [0, 0.1) is 12.8 Å². The number of hydrogen-bond acceptors (Lipinski definition) is 2. The van der Waals surface area contributed by atoms with Gasteiger partial charge in [-0.25, -0.2) is 0 Å². The van der Waals surface area contributed by atoms with Crippen LogP contribution in [-0.4, -0.2) is 16.3 Å². The van der Waals surface area contributed by atoms with Crippen LogP contribution < -0.4 is 5.32 Å². The van der Waals surface area contributed by atoms with Gasteiger partial charge < -0.3 is 5.32 Å². The Morgan fingerprint density at radius 2 is 2.25 bits per heavy atom. The Balaban J connectivity index is 1.71. The van der Waals surface area contributed by atoms with Crippen molar-refractivity contribution >= 4 is 11.6 Å². The molecule has 0 unspecified atom stereocenters. The Hall–Kier alpha value is -0.540. The Bertz CT molecular complexity index is 355. The second-order valence-corrected chi connectivity index (χ2v) is 5.11. The molecule has 0 aliphatic heterocycles. The van der Waals surface area contributed by atoms with Crippen molar-refractivity contribution in [2.45, 2.75) is 39.2 Å². The van der Waals surface area contributed by atoms with E-state index in [0.29, 0.717) is 0 Å². The third-order valence-corrected chi connectivity index (χ3v) is 3.71. The fourth-order valence-corrected chi connectivity index (χ4v) is 2.23. The Labute approximate surface area is 102 Å². The fraction of sp³-hybridized carbons (Fsp3) is 0.750. The summed E-state index contributed by atoms with van der Waals surface area (Å²) >= 11 is 6.16. The van der Waals surface area contributed by atoms with Gasteiger partial charge in [-0.3, -0.25) is 4.68 Å². The van der Waals surface area contributed by atoms with Gasteiger partial charge in [-0.2, -0.15) is 5.10 Å². The van der Waals surface area contributed by atoms with E-state index in [0.717, 1.165) is 35.4 Å². The van der Waals surface area contributed by atoms with E-state index in [9.17, 15) is 0 Å². The zero-order valence-electron chi connectivity index (χ0n) is 10.1. The molecule has 1 heterocycles. The van der Waals surface area contributed by atoms with Crippen LogP contribution in [0.4, 0.5) is 0 Å². The van der Waals surface area contributed by atoms with Gasteiger partial charge in [0.25, 0.3) is 0 Å². The molecular weight excluding hydrogens is 222 g/mol. The smallest absolute Gasteiger partial charge is 0.0860 e. The number of rotatable bonds is 6. The molecular formula is C12H20ClN3. The van der Waals surface area contributed by atoms with Crippen molar-refractivity contribution in [2.75, 3.05) is 6.54 Å². The fourth-order valence-electron chi connectivity index (χ4n) is 2.00. The number of nitrogens with one attached hydrogen (secondary N) is 1. The molecule has 0 spiro atoms. The van der Waals surface area contributed by atoms with Crippen molar-refractivity contribution < 1.29 is 0 Å². The molecule has 0 atom stereocenters. The highest BCUT2D eigenvalue weighted by Gasteiger charge is 2.19. The first-order valence-electron chi connectivity index (χ1n) is 6.07. The molecule has 0 aromatic carbocycles. The van der Waals surface area contributed by atoms with Crippen molar-refractivity contribution in [3.05, 3.63) is 16.4 Å². The molecule has 0 radical (unpaired) electrons. The molecule has 1 saturated carbocycles. The highest BCUT2D eigenvalue weighted by molar-refractivity contribution is 6.31. The van der Waals surface area contributed by atoms with Gasteiger partial charge in [0.05, 0.1) is 16.4 Å². The van der Waals surface area contributed by atoms with E-state index in [1.165, 1.54) is 25.7 Å². The molecule has 1 aliphatic rings. The SMILES string of the molecule is Cc1nn(C)c(CNCCCC2CC2)c1Cl. The van der Waals surface area contributed by atoms with Crippen molar-refractivity contribution in [2.24, 2.45) is 13.0 Å². The lowest BCUT2D eigenvalue weighted by Gasteiger charge is -2.05. The van der Waals surface area contributed by atoms with Crippen LogP contribution in [0.3, 0.4) is 0 Å². The van der Waals surface area contributed by atoms with Gasteiger partial charge in [-0.05, 0) is 32.2 Å². The van der Waals surface area contributed by atoms with Gasteiger partial charge in [-0.15, -0.1) is 0 Å². The second-order valence-electron chi connectivity index (χ2n) is 4.73. The summed E-state index contributed by atoms with van der Waals surface area (Å²) in [4.78, 5) is 0. The Morgan fingerprint density at radius 3 is 2.81 bits per heavy atom. The molecule has 2 rings (SSSR count). The summed E-state index contributed by atoms with van der Waals surface area (Å²) in [6.45, 7) is 3.84. The average molecular weight is 242 g/mol. The van der Waals surface area contributed by atoms with Gasteiger partial charge in [0, 0.05) is 13.6 Å². The zero-order valence-corrected chi connectivity index (χ0v) is 10.8. The lowest BCUT2D eigenvalue weighted by molar-refractivity contribution is 0.573. The number of aromatic nitrogens is 2. The van der Waals surface area contributed by atoms with Crippen LogP contribution in [0.1, 0.15) is 37.1 Å². The molecule has 16 heavy (non-hydrogen) atoms. The van der Waals surface area contributed by atoms with E-state index in [1.807, 2.05) is 18.7 Å². The highest BCUT2D eigenvalue weighted by atomic mass is 35.5. The molecule has 3 nitrogen and oxygen atoms in total. The van der Waals surface area contributed by atoms with Gasteiger partial charge in [0.2, 0.25) is 0 Å². The minimum atomic E-state index is 0.803. The number of hydrogen-bond donors (Lipinski definition) is 1. The third-order valence-electron chi connectivity index (χ3n) is 3.22. The van der Waals surface area contributed by atoms with E-state index < -0.39 is 0 Å². The maximum Gasteiger partial charge on any atom is 0.0860 e. The number of nitrogens with zero attached hydrogens (tertiary/aromatic N) is 2. The van der Waals surface area contributed by atoms with E-state index in [-0.39, 0.29) is 0 Å². The van der Waals surface area contributed by atoms with Crippen molar-refractivity contribution in [1.82, 2.24) is 15.1 Å². The summed E-state index contributed by atoms with van der Waals surface area (Å²) in [5, 5.41) is 8.53. The Kier molecular flexibility index (Phi) is 3.87. The first-order valence-corrected chi connectivity index (χ1v) is 6.45. The average Bonchev–Trinajstić information content (AvgIpc) is 3.02. The quantitative estimate of drug-likeness (QED) is 0.776. The van der Waals surface area contributed by atoms with Crippen LogP contribution >= 0.6 is 11.6 Å². The van der Waals surface area contributed by atoms with Crippen LogP contribution in [-0.2, 0) is 13.6 Å². The van der Waals surface area contributed by atoms with Gasteiger partial charge in [0.1, 0.15) is 0 Å². The predicted molar refractivity (Wildman–Crippen MR) is 66.6 cm³/mol. The predicted octanol–water partition coefficient (Wildman–Crippen LogP) is 2.66. The minimum absolute atomic E-state index is 0.803. The molecule has 1 aliphatic carbocycles. The summed E-state index contributed by atoms with van der Waals surface area (Å²) in [7, 11) is 1.94. The number of aryl methyl sites for hydroxylation is 2. The molecule has 1 aromatic heterocycles. The van der Waals surface area contributed by atoms with Crippen molar-refractivity contribution in [1.29, 1.82) is 0 Å². The van der Waals surface area contributed by atoms with E-state index in [2.05, 4.69) is 10.4 Å². The first kappa shape index (κ1) is 11.9. The minimum Gasteiger partial charge on any atom is -0.311 e. The van der Waals surface area contributed by atoms with Crippen LogP contribution in [0.25, 0.3) is 0 Å². The molecule has 4 heteroatoms. The van der Waals surface area contributed by atoms with E-state index in [1.54, 1.807) is 0 Å². The standard InChI is InChI=1S/C12H20ClN3/c1-9-12(13)11(16(2)15-9)8-14-7-3-4-10-5-6-10/h10,14H,3-8H2,1-2H3. The summed E-state index contributed by atoms with van der Waals surface area (Å²) in [5.74, 6) is 1.03. The van der Waals surface area contributed by atoms with Crippen molar-refractivity contribution in [3.8, 4) is 0 Å².